The summed E-state index contributed by atoms with van der Waals surface area (Å²) >= 11 is 0. The molecule has 8 nitrogen and oxygen atoms in total. The van der Waals surface area contributed by atoms with Gasteiger partial charge in [-0.3, -0.25) is 4.79 Å². The molecule has 2 aromatic heterocycles. The largest absolute Gasteiger partial charge is 0.493 e. The Balaban J connectivity index is 1.62. The lowest BCUT2D eigenvalue weighted by Crippen LogP contribution is -2.10. The van der Waals surface area contributed by atoms with Crippen molar-refractivity contribution in [3.63, 3.8) is 0 Å². The van der Waals surface area contributed by atoms with E-state index in [1.54, 1.807) is 44.6 Å². The van der Waals surface area contributed by atoms with Crippen LogP contribution in [-0.4, -0.2) is 30.1 Å². The van der Waals surface area contributed by atoms with Crippen LogP contribution in [0.1, 0.15) is 10.6 Å². The fraction of sp³-hybridized carbons (Fsp3) is 0.0952. The van der Waals surface area contributed by atoms with Crippen molar-refractivity contribution in [1.29, 1.82) is 0 Å². The van der Waals surface area contributed by atoms with Crippen LogP contribution < -0.4 is 20.1 Å². The second kappa shape index (κ2) is 7.89. The van der Waals surface area contributed by atoms with E-state index in [2.05, 4.69) is 20.6 Å². The molecule has 2 heterocycles. The van der Waals surface area contributed by atoms with E-state index in [9.17, 15) is 4.79 Å². The number of carbonyl (C=O) groups is 1. The summed E-state index contributed by atoms with van der Waals surface area (Å²) in [6.45, 7) is 0. The summed E-state index contributed by atoms with van der Waals surface area (Å²) < 4.78 is 15.8. The number of anilines is 3. The van der Waals surface area contributed by atoms with E-state index in [0.29, 0.717) is 28.5 Å². The van der Waals surface area contributed by atoms with Crippen molar-refractivity contribution in [3.05, 3.63) is 66.9 Å². The molecular weight excluding hydrogens is 372 g/mol. The number of carbonyl (C=O) groups excluding carboxylic acids is 1. The summed E-state index contributed by atoms with van der Waals surface area (Å²) in [5, 5.41) is 6.83. The third kappa shape index (κ3) is 3.81. The number of rotatable bonds is 6. The zero-order valence-electron chi connectivity index (χ0n) is 15.8. The van der Waals surface area contributed by atoms with Crippen LogP contribution in [0.15, 0.2) is 65.5 Å². The Morgan fingerprint density at radius 3 is 2.52 bits per heavy atom. The summed E-state index contributed by atoms with van der Waals surface area (Å²) in [6, 6.07) is 14.2. The van der Waals surface area contributed by atoms with Crippen LogP contribution >= 0.6 is 0 Å². The second-order valence-corrected chi connectivity index (χ2v) is 6.08. The minimum absolute atomic E-state index is 0.242. The summed E-state index contributed by atoms with van der Waals surface area (Å²) in [7, 11) is 3.15. The first kappa shape index (κ1) is 18.3. The second-order valence-electron chi connectivity index (χ2n) is 6.08. The van der Waals surface area contributed by atoms with Gasteiger partial charge in [0.2, 0.25) is 0 Å². The zero-order valence-corrected chi connectivity index (χ0v) is 15.8. The highest BCUT2D eigenvalue weighted by Gasteiger charge is 2.12. The molecule has 0 unspecified atom stereocenters. The van der Waals surface area contributed by atoms with Crippen molar-refractivity contribution in [2.45, 2.75) is 0 Å². The first-order chi connectivity index (χ1) is 14.2. The maximum absolute atomic E-state index is 12.2. The van der Waals surface area contributed by atoms with Gasteiger partial charge in [0.05, 0.1) is 26.0 Å². The highest BCUT2D eigenvalue weighted by molar-refractivity contribution is 6.02. The fourth-order valence-corrected chi connectivity index (χ4v) is 2.89. The van der Waals surface area contributed by atoms with Gasteiger partial charge in [0.1, 0.15) is 12.1 Å². The van der Waals surface area contributed by atoms with Gasteiger partial charge in [-0.05, 0) is 36.4 Å². The minimum atomic E-state index is -0.323. The maximum atomic E-state index is 12.2. The molecule has 0 atom stereocenters. The number of aromatic nitrogens is 2. The molecule has 0 saturated heterocycles. The SMILES string of the molecule is COc1cc2ncnc(Nc3cccc(NC(=O)c4ccco4)c3)c2cc1OC. The third-order valence-corrected chi connectivity index (χ3v) is 4.27. The van der Waals surface area contributed by atoms with Gasteiger partial charge >= 0.3 is 0 Å². The zero-order chi connectivity index (χ0) is 20.2. The average Bonchev–Trinajstić information content (AvgIpc) is 3.28. The van der Waals surface area contributed by atoms with Gasteiger partial charge in [-0.25, -0.2) is 9.97 Å². The lowest BCUT2D eigenvalue weighted by atomic mass is 10.2. The van der Waals surface area contributed by atoms with Gasteiger partial charge in [0, 0.05) is 22.8 Å². The molecule has 4 aromatic rings. The van der Waals surface area contributed by atoms with Crippen LogP contribution in [0.5, 0.6) is 11.5 Å². The van der Waals surface area contributed by atoms with E-state index in [4.69, 9.17) is 13.9 Å². The quantitative estimate of drug-likeness (QED) is 0.508. The summed E-state index contributed by atoms with van der Waals surface area (Å²) in [6.07, 6.45) is 2.93. The Labute approximate surface area is 166 Å². The monoisotopic (exact) mass is 390 g/mol. The molecule has 0 saturated carbocycles. The first-order valence-electron chi connectivity index (χ1n) is 8.76. The van der Waals surface area contributed by atoms with Crippen molar-refractivity contribution >= 4 is 34.0 Å². The number of fused-ring (bicyclic) bond motifs is 1. The molecule has 0 aliphatic carbocycles. The number of nitrogens with one attached hydrogen (secondary N) is 2. The Kier molecular flexibility index (Phi) is 4.98. The number of hydrogen-bond donors (Lipinski definition) is 2. The Hall–Kier alpha value is -4.07. The van der Waals surface area contributed by atoms with Crippen LogP contribution in [0, 0.1) is 0 Å². The maximum Gasteiger partial charge on any atom is 0.291 e. The smallest absolute Gasteiger partial charge is 0.291 e. The third-order valence-electron chi connectivity index (χ3n) is 4.27. The Morgan fingerprint density at radius 1 is 0.966 bits per heavy atom. The van der Waals surface area contributed by atoms with Gasteiger partial charge in [-0.1, -0.05) is 6.07 Å². The van der Waals surface area contributed by atoms with Crippen LogP contribution in [0.25, 0.3) is 10.9 Å². The molecule has 0 aliphatic rings. The lowest BCUT2D eigenvalue weighted by Gasteiger charge is -2.13. The number of methoxy groups -OCH3 is 2. The van der Waals surface area contributed by atoms with Crippen molar-refractivity contribution in [1.82, 2.24) is 9.97 Å². The van der Waals surface area contributed by atoms with Gasteiger partial charge in [-0.15, -0.1) is 0 Å². The van der Waals surface area contributed by atoms with E-state index in [1.165, 1.54) is 12.6 Å². The van der Waals surface area contributed by atoms with Gasteiger partial charge in [0.25, 0.3) is 5.91 Å². The molecule has 0 bridgehead atoms. The Morgan fingerprint density at radius 2 is 1.76 bits per heavy atom. The molecule has 0 fully saturated rings. The molecule has 0 spiro atoms. The summed E-state index contributed by atoms with van der Waals surface area (Å²) in [4.78, 5) is 20.8. The van der Waals surface area contributed by atoms with Crippen molar-refractivity contribution < 1.29 is 18.7 Å². The van der Waals surface area contributed by atoms with Crippen LogP contribution in [0.3, 0.4) is 0 Å². The van der Waals surface area contributed by atoms with E-state index < -0.39 is 0 Å². The number of furan rings is 1. The number of benzene rings is 2. The number of amides is 1. The highest BCUT2D eigenvalue weighted by Crippen LogP contribution is 2.34. The predicted octanol–water partition coefficient (Wildman–Crippen LogP) is 4.24. The molecule has 1 amide bonds. The van der Waals surface area contributed by atoms with Gasteiger partial charge < -0.3 is 24.5 Å². The number of ether oxygens (including phenoxy) is 2. The molecule has 8 heteroatoms. The predicted molar refractivity (Wildman–Crippen MR) is 109 cm³/mol. The topological polar surface area (TPSA) is 98.5 Å². The minimum Gasteiger partial charge on any atom is -0.493 e. The molecule has 4 rings (SSSR count). The van der Waals surface area contributed by atoms with Crippen molar-refractivity contribution in [2.75, 3.05) is 24.9 Å². The number of hydrogen-bond acceptors (Lipinski definition) is 7. The van der Waals surface area contributed by atoms with Gasteiger partial charge in [-0.2, -0.15) is 0 Å². The summed E-state index contributed by atoms with van der Waals surface area (Å²) in [5.74, 6) is 1.69. The highest BCUT2D eigenvalue weighted by atomic mass is 16.5. The van der Waals surface area contributed by atoms with E-state index in [-0.39, 0.29) is 11.7 Å². The molecule has 146 valence electrons. The van der Waals surface area contributed by atoms with Crippen LogP contribution in [-0.2, 0) is 0 Å². The van der Waals surface area contributed by atoms with Crippen molar-refractivity contribution in [2.24, 2.45) is 0 Å². The first-order valence-corrected chi connectivity index (χ1v) is 8.76. The standard InChI is InChI=1S/C21H18N4O4/c1-27-18-10-15-16(11-19(18)28-2)22-12-23-20(15)24-13-5-3-6-14(9-13)25-21(26)17-7-4-8-29-17/h3-12H,1-2H3,(H,25,26)(H,22,23,24). The fourth-order valence-electron chi connectivity index (χ4n) is 2.89. The molecular formula is C21H18N4O4. The number of nitrogens with zero attached hydrogens (tertiary/aromatic N) is 2. The van der Waals surface area contributed by atoms with Crippen LogP contribution in [0.4, 0.5) is 17.2 Å². The van der Waals surface area contributed by atoms with Crippen molar-refractivity contribution in [3.8, 4) is 11.5 Å². The van der Waals surface area contributed by atoms with E-state index >= 15 is 0 Å². The normalized spacial score (nSPS) is 10.6. The molecule has 0 radical (unpaired) electrons. The molecule has 2 aromatic carbocycles. The van der Waals surface area contributed by atoms with Crippen LogP contribution in [0.2, 0.25) is 0 Å². The lowest BCUT2D eigenvalue weighted by molar-refractivity contribution is 0.0996. The van der Waals surface area contributed by atoms with E-state index in [1.807, 2.05) is 18.2 Å². The molecule has 2 N–H and O–H groups in total. The summed E-state index contributed by atoms with van der Waals surface area (Å²) in [5.41, 5.74) is 2.08. The molecule has 29 heavy (non-hydrogen) atoms. The van der Waals surface area contributed by atoms with E-state index in [0.717, 1.165) is 11.1 Å². The Bertz CT molecular complexity index is 1160. The average molecular weight is 390 g/mol. The van der Waals surface area contributed by atoms with Gasteiger partial charge in [0.15, 0.2) is 17.3 Å². The molecule has 0 aliphatic heterocycles.